The number of benzene rings is 1. The molecule has 0 spiro atoms. The maximum absolute atomic E-state index is 12.5. The van der Waals surface area contributed by atoms with Crippen LogP contribution in [0.5, 0.6) is 0 Å². The topological polar surface area (TPSA) is 43.9 Å². The van der Waals surface area contributed by atoms with Crippen LogP contribution in [-0.4, -0.2) is 72.8 Å². The molecule has 5 heteroatoms. The van der Waals surface area contributed by atoms with E-state index in [1.807, 2.05) is 42.2 Å². The van der Waals surface area contributed by atoms with Crippen molar-refractivity contribution in [1.82, 2.24) is 14.7 Å². The Morgan fingerprint density at radius 3 is 2.36 bits per heavy atom. The molecule has 0 N–H and O–H groups in total. The molecule has 1 heterocycles. The van der Waals surface area contributed by atoms with Gasteiger partial charge < -0.3 is 9.80 Å². The van der Waals surface area contributed by atoms with E-state index < -0.39 is 0 Å². The molecule has 1 aromatic carbocycles. The van der Waals surface area contributed by atoms with E-state index in [0.29, 0.717) is 6.54 Å². The smallest absolute Gasteiger partial charge is 0.253 e. The highest BCUT2D eigenvalue weighted by atomic mass is 16.2. The van der Waals surface area contributed by atoms with Crippen LogP contribution in [0.4, 0.5) is 0 Å². The molecule has 0 aromatic heterocycles. The van der Waals surface area contributed by atoms with Crippen LogP contribution >= 0.6 is 0 Å². The maximum atomic E-state index is 12.5. The molecular weight excluding hydrogens is 278 g/mol. The van der Waals surface area contributed by atoms with Crippen LogP contribution < -0.4 is 0 Å². The third kappa shape index (κ3) is 3.85. The summed E-state index contributed by atoms with van der Waals surface area (Å²) >= 11 is 0. The summed E-state index contributed by atoms with van der Waals surface area (Å²) in [4.78, 5) is 30.3. The molecule has 2 rings (SSSR count). The molecule has 1 unspecified atom stereocenters. The minimum absolute atomic E-state index is 0.0778. The van der Waals surface area contributed by atoms with Crippen molar-refractivity contribution < 1.29 is 9.59 Å². The number of carbonyl (C=O) groups is 2. The van der Waals surface area contributed by atoms with E-state index in [1.165, 1.54) is 0 Å². The van der Waals surface area contributed by atoms with Gasteiger partial charge in [0.15, 0.2) is 0 Å². The van der Waals surface area contributed by atoms with Crippen molar-refractivity contribution in [2.75, 3.05) is 40.3 Å². The molecule has 0 radical (unpaired) electrons. The van der Waals surface area contributed by atoms with E-state index in [2.05, 4.69) is 4.90 Å². The number of rotatable bonds is 3. The minimum Gasteiger partial charge on any atom is -0.347 e. The Bertz CT molecular complexity index is 516. The molecule has 0 bridgehead atoms. The summed E-state index contributed by atoms with van der Waals surface area (Å²) in [6, 6.07) is 9.24. The first-order valence-electron chi connectivity index (χ1n) is 7.80. The van der Waals surface area contributed by atoms with Crippen molar-refractivity contribution in [3.8, 4) is 0 Å². The SMILES string of the molecule is CC(C(=O)N(C)C)N1CCCN(C(=O)c2ccccc2)CC1. The van der Waals surface area contributed by atoms with Crippen LogP contribution in [0.2, 0.25) is 0 Å². The van der Waals surface area contributed by atoms with Gasteiger partial charge in [0.2, 0.25) is 5.91 Å². The van der Waals surface area contributed by atoms with Gasteiger partial charge >= 0.3 is 0 Å². The Balaban J connectivity index is 1.98. The average Bonchev–Trinajstić information content (AvgIpc) is 2.79. The molecule has 5 nitrogen and oxygen atoms in total. The molecule has 22 heavy (non-hydrogen) atoms. The standard InChI is InChI=1S/C17H25N3O2/c1-14(16(21)18(2)3)19-10-7-11-20(13-12-19)17(22)15-8-5-4-6-9-15/h4-6,8-9,14H,7,10-13H2,1-3H3. The molecule has 1 aromatic rings. The first kappa shape index (κ1) is 16.5. The van der Waals surface area contributed by atoms with Crippen molar-refractivity contribution in [2.45, 2.75) is 19.4 Å². The van der Waals surface area contributed by atoms with Crippen molar-refractivity contribution in [3.63, 3.8) is 0 Å². The lowest BCUT2D eigenvalue weighted by atomic mass is 10.2. The third-order valence-corrected chi connectivity index (χ3v) is 4.18. The van der Waals surface area contributed by atoms with Crippen LogP contribution in [0.3, 0.4) is 0 Å². The number of hydrogen-bond donors (Lipinski definition) is 0. The predicted octanol–water partition coefficient (Wildman–Crippen LogP) is 1.31. The molecule has 1 saturated heterocycles. The molecular formula is C17H25N3O2. The lowest BCUT2D eigenvalue weighted by Gasteiger charge is -2.28. The van der Waals surface area contributed by atoms with E-state index in [4.69, 9.17) is 0 Å². The van der Waals surface area contributed by atoms with E-state index in [9.17, 15) is 9.59 Å². The number of nitrogens with zero attached hydrogens (tertiary/aromatic N) is 3. The van der Waals surface area contributed by atoms with Crippen molar-refractivity contribution in [2.24, 2.45) is 0 Å². The summed E-state index contributed by atoms with van der Waals surface area (Å²) in [5.41, 5.74) is 0.730. The molecule has 1 atom stereocenters. The predicted molar refractivity (Wildman–Crippen MR) is 86.7 cm³/mol. The van der Waals surface area contributed by atoms with Gasteiger partial charge in [-0.2, -0.15) is 0 Å². The molecule has 2 amide bonds. The second-order valence-corrected chi connectivity index (χ2v) is 5.96. The molecule has 1 aliphatic heterocycles. The number of amides is 2. The van der Waals surface area contributed by atoms with E-state index in [-0.39, 0.29) is 17.9 Å². The summed E-state index contributed by atoms with van der Waals surface area (Å²) in [7, 11) is 3.56. The van der Waals surface area contributed by atoms with Gasteiger partial charge in [-0.3, -0.25) is 14.5 Å². The Kier molecular flexibility index (Phi) is 5.55. The highest BCUT2D eigenvalue weighted by Crippen LogP contribution is 2.12. The van der Waals surface area contributed by atoms with Gasteiger partial charge in [0.25, 0.3) is 5.91 Å². The van der Waals surface area contributed by atoms with Gasteiger partial charge in [0.1, 0.15) is 0 Å². The Hall–Kier alpha value is -1.88. The van der Waals surface area contributed by atoms with E-state index in [1.54, 1.807) is 19.0 Å². The largest absolute Gasteiger partial charge is 0.347 e. The normalized spacial score (nSPS) is 17.7. The van der Waals surface area contributed by atoms with Gasteiger partial charge in [-0.05, 0) is 25.5 Å². The minimum atomic E-state index is -0.137. The number of likely N-dealkylation sites (N-methyl/N-ethyl adjacent to an activating group) is 1. The van der Waals surface area contributed by atoms with Gasteiger partial charge in [-0.25, -0.2) is 0 Å². The highest BCUT2D eigenvalue weighted by molar-refractivity contribution is 5.94. The highest BCUT2D eigenvalue weighted by Gasteiger charge is 2.26. The summed E-state index contributed by atoms with van der Waals surface area (Å²) in [6.07, 6.45) is 0.892. The fraction of sp³-hybridized carbons (Fsp3) is 0.529. The van der Waals surface area contributed by atoms with Crippen molar-refractivity contribution >= 4 is 11.8 Å². The van der Waals surface area contributed by atoms with Gasteiger partial charge in [-0.15, -0.1) is 0 Å². The van der Waals surface area contributed by atoms with Gasteiger partial charge in [0, 0.05) is 45.8 Å². The number of carbonyl (C=O) groups excluding carboxylic acids is 2. The van der Waals surface area contributed by atoms with Crippen LogP contribution in [-0.2, 0) is 4.79 Å². The molecule has 1 aliphatic rings. The second-order valence-electron chi connectivity index (χ2n) is 5.96. The Morgan fingerprint density at radius 1 is 1.05 bits per heavy atom. The molecule has 1 fully saturated rings. The fourth-order valence-corrected chi connectivity index (χ4v) is 2.82. The zero-order chi connectivity index (χ0) is 16.1. The number of hydrogen-bond acceptors (Lipinski definition) is 3. The Morgan fingerprint density at radius 2 is 1.73 bits per heavy atom. The monoisotopic (exact) mass is 303 g/mol. The van der Waals surface area contributed by atoms with Crippen LogP contribution in [0.15, 0.2) is 30.3 Å². The maximum Gasteiger partial charge on any atom is 0.253 e. The van der Waals surface area contributed by atoms with Crippen LogP contribution in [0.25, 0.3) is 0 Å². The third-order valence-electron chi connectivity index (χ3n) is 4.18. The second kappa shape index (κ2) is 7.40. The molecule has 120 valence electrons. The lowest BCUT2D eigenvalue weighted by Crippen LogP contribution is -2.46. The first-order valence-corrected chi connectivity index (χ1v) is 7.80. The molecule has 0 saturated carbocycles. The van der Waals surface area contributed by atoms with Crippen LogP contribution in [0, 0.1) is 0 Å². The molecule has 0 aliphatic carbocycles. The summed E-state index contributed by atoms with van der Waals surface area (Å²) in [6.45, 7) is 4.93. The van der Waals surface area contributed by atoms with Crippen molar-refractivity contribution in [3.05, 3.63) is 35.9 Å². The lowest BCUT2D eigenvalue weighted by molar-refractivity contribution is -0.133. The van der Waals surface area contributed by atoms with Gasteiger partial charge in [0.05, 0.1) is 6.04 Å². The quantitative estimate of drug-likeness (QED) is 0.846. The van der Waals surface area contributed by atoms with E-state index in [0.717, 1.165) is 31.6 Å². The first-order chi connectivity index (χ1) is 10.5. The van der Waals surface area contributed by atoms with Crippen LogP contribution in [0.1, 0.15) is 23.7 Å². The summed E-state index contributed by atoms with van der Waals surface area (Å²) < 4.78 is 0. The van der Waals surface area contributed by atoms with Gasteiger partial charge in [-0.1, -0.05) is 18.2 Å². The average molecular weight is 303 g/mol. The fourth-order valence-electron chi connectivity index (χ4n) is 2.82. The summed E-state index contributed by atoms with van der Waals surface area (Å²) in [5.74, 6) is 0.192. The summed E-state index contributed by atoms with van der Waals surface area (Å²) in [5, 5.41) is 0. The van der Waals surface area contributed by atoms with E-state index >= 15 is 0 Å². The zero-order valence-corrected chi connectivity index (χ0v) is 13.7. The zero-order valence-electron chi connectivity index (χ0n) is 13.7. The Labute approximate surface area is 132 Å². The van der Waals surface area contributed by atoms with Crippen molar-refractivity contribution in [1.29, 1.82) is 0 Å².